The number of ether oxygens (including phenoxy) is 1. The number of nitrogens with one attached hydrogen (secondary N) is 1. The van der Waals surface area contributed by atoms with Crippen LogP contribution in [0.3, 0.4) is 0 Å². The first-order chi connectivity index (χ1) is 9.74. The Morgan fingerprint density at radius 1 is 1.25 bits per heavy atom. The van der Waals surface area contributed by atoms with Gasteiger partial charge in [0.25, 0.3) is 0 Å². The van der Waals surface area contributed by atoms with Crippen molar-refractivity contribution in [2.24, 2.45) is 0 Å². The monoisotopic (exact) mass is 274 g/mol. The smallest absolute Gasteiger partial charge is 0.126 e. The lowest BCUT2D eigenvalue weighted by Crippen LogP contribution is -2.45. The highest BCUT2D eigenvalue weighted by Gasteiger charge is 2.25. The van der Waals surface area contributed by atoms with E-state index in [4.69, 9.17) is 4.74 Å². The summed E-state index contributed by atoms with van der Waals surface area (Å²) in [4.78, 5) is 2.44. The van der Waals surface area contributed by atoms with Crippen molar-refractivity contribution in [1.82, 2.24) is 10.2 Å². The van der Waals surface area contributed by atoms with E-state index in [1.54, 1.807) is 0 Å². The molecule has 2 unspecified atom stereocenters. The molecule has 110 valence electrons. The molecule has 0 amide bonds. The average molecular weight is 274 g/mol. The minimum Gasteiger partial charge on any atom is -0.493 e. The van der Waals surface area contributed by atoms with Gasteiger partial charge < -0.3 is 15.0 Å². The van der Waals surface area contributed by atoms with Gasteiger partial charge in [-0.05, 0) is 51.8 Å². The van der Waals surface area contributed by atoms with E-state index >= 15 is 0 Å². The summed E-state index contributed by atoms with van der Waals surface area (Å²) in [5.41, 5.74) is 2.62. The van der Waals surface area contributed by atoms with E-state index in [1.165, 1.54) is 43.5 Å². The van der Waals surface area contributed by atoms with Gasteiger partial charge in [-0.3, -0.25) is 0 Å². The Hall–Kier alpha value is -1.06. The molecule has 2 aliphatic rings. The second-order valence-electron chi connectivity index (χ2n) is 6.30. The first-order valence-electron chi connectivity index (χ1n) is 7.91. The highest BCUT2D eigenvalue weighted by molar-refractivity contribution is 5.43. The van der Waals surface area contributed by atoms with Crippen molar-refractivity contribution in [1.29, 1.82) is 0 Å². The molecule has 3 nitrogen and oxygen atoms in total. The van der Waals surface area contributed by atoms with Gasteiger partial charge in [-0.1, -0.05) is 18.2 Å². The maximum atomic E-state index is 5.97. The molecule has 0 aliphatic carbocycles. The van der Waals surface area contributed by atoms with Crippen LogP contribution < -0.4 is 10.1 Å². The first kappa shape index (κ1) is 13.9. The highest BCUT2D eigenvalue weighted by atomic mass is 16.5. The quantitative estimate of drug-likeness (QED) is 0.897. The number of rotatable bonds is 2. The van der Waals surface area contributed by atoms with Crippen LogP contribution >= 0.6 is 0 Å². The zero-order chi connectivity index (χ0) is 13.9. The second-order valence-corrected chi connectivity index (χ2v) is 6.30. The fourth-order valence-corrected chi connectivity index (χ4v) is 3.52. The minimum atomic E-state index is 0.448. The van der Waals surface area contributed by atoms with Crippen molar-refractivity contribution < 1.29 is 4.74 Å². The zero-order valence-corrected chi connectivity index (χ0v) is 12.7. The molecule has 1 aromatic rings. The molecule has 0 radical (unpaired) electrons. The normalized spacial score (nSPS) is 27.5. The Balaban J connectivity index is 1.78. The predicted molar refractivity (Wildman–Crippen MR) is 82.3 cm³/mol. The molecule has 0 aromatic heterocycles. The third kappa shape index (κ3) is 2.99. The number of fused-ring (bicyclic) bond motifs is 1. The molecule has 0 bridgehead atoms. The fourth-order valence-electron chi connectivity index (χ4n) is 3.52. The van der Waals surface area contributed by atoms with Gasteiger partial charge in [0, 0.05) is 24.2 Å². The maximum Gasteiger partial charge on any atom is 0.126 e. The van der Waals surface area contributed by atoms with Crippen molar-refractivity contribution in [3.63, 3.8) is 0 Å². The summed E-state index contributed by atoms with van der Waals surface area (Å²) in [5.74, 6) is 1.12. The second kappa shape index (κ2) is 6.15. The predicted octanol–water partition coefficient (Wildman–Crippen LogP) is 2.89. The van der Waals surface area contributed by atoms with Gasteiger partial charge in [-0.15, -0.1) is 0 Å². The molecule has 0 saturated carbocycles. The van der Waals surface area contributed by atoms with E-state index < -0.39 is 0 Å². The van der Waals surface area contributed by atoms with E-state index in [-0.39, 0.29) is 0 Å². The summed E-state index contributed by atoms with van der Waals surface area (Å²) in [6.45, 7) is 5.40. The molecule has 3 rings (SSSR count). The molecular formula is C17H26N2O. The third-order valence-electron chi connectivity index (χ3n) is 4.56. The van der Waals surface area contributed by atoms with Gasteiger partial charge in [0.15, 0.2) is 0 Å². The van der Waals surface area contributed by atoms with Crippen molar-refractivity contribution in [3.8, 4) is 5.75 Å². The summed E-state index contributed by atoms with van der Waals surface area (Å²) in [7, 11) is 2.22. The lowest BCUT2D eigenvalue weighted by Gasteiger charge is -2.33. The molecule has 20 heavy (non-hydrogen) atoms. The topological polar surface area (TPSA) is 24.5 Å². The summed E-state index contributed by atoms with van der Waals surface area (Å²) in [5, 5.41) is 3.89. The summed E-state index contributed by atoms with van der Waals surface area (Å²) in [6, 6.07) is 7.60. The van der Waals surface area contributed by atoms with Crippen molar-refractivity contribution in [2.75, 3.05) is 26.7 Å². The van der Waals surface area contributed by atoms with Crippen LogP contribution in [0.2, 0.25) is 0 Å². The molecule has 0 spiro atoms. The lowest BCUT2D eigenvalue weighted by atomic mass is 9.97. The standard InChI is InChI=1S/C17H26N2O/c1-13-6-3-8-15-16(9-5-11-20-17(13)15)18-14-7-4-10-19(2)12-14/h3,6,8,14,16,18H,4-5,7,9-12H2,1-2H3. The fraction of sp³-hybridized carbons (Fsp3) is 0.647. The SMILES string of the molecule is Cc1cccc2c1OCCCC2NC1CCCN(C)C1. The van der Waals surface area contributed by atoms with Crippen molar-refractivity contribution in [3.05, 3.63) is 29.3 Å². The van der Waals surface area contributed by atoms with Gasteiger partial charge in [0.05, 0.1) is 6.61 Å². The molecule has 2 heterocycles. The number of nitrogens with zero attached hydrogens (tertiary/aromatic N) is 1. The Labute approximate surface area is 122 Å². The van der Waals surface area contributed by atoms with Gasteiger partial charge in [-0.2, -0.15) is 0 Å². The lowest BCUT2D eigenvalue weighted by molar-refractivity contribution is 0.214. The van der Waals surface area contributed by atoms with Crippen molar-refractivity contribution in [2.45, 2.75) is 44.7 Å². The van der Waals surface area contributed by atoms with E-state index in [2.05, 4.69) is 42.4 Å². The van der Waals surface area contributed by atoms with E-state index in [0.29, 0.717) is 12.1 Å². The minimum absolute atomic E-state index is 0.448. The molecule has 2 atom stereocenters. The number of para-hydroxylation sites is 1. The van der Waals surface area contributed by atoms with Gasteiger partial charge in [-0.25, -0.2) is 0 Å². The molecular weight excluding hydrogens is 248 g/mol. The molecule has 1 fully saturated rings. The van der Waals surface area contributed by atoms with E-state index in [9.17, 15) is 0 Å². The Bertz CT molecular complexity index is 460. The van der Waals surface area contributed by atoms with Gasteiger partial charge in [0.2, 0.25) is 0 Å². The van der Waals surface area contributed by atoms with Crippen LogP contribution in [0.1, 0.15) is 42.9 Å². The summed E-state index contributed by atoms with van der Waals surface area (Å²) >= 11 is 0. The molecule has 1 N–H and O–H groups in total. The molecule has 3 heteroatoms. The number of piperidine rings is 1. The number of benzene rings is 1. The van der Waals surface area contributed by atoms with Crippen LogP contribution in [0.5, 0.6) is 5.75 Å². The Kier molecular flexibility index (Phi) is 4.27. The average Bonchev–Trinajstić information content (AvgIpc) is 2.63. The molecule has 1 saturated heterocycles. The third-order valence-corrected chi connectivity index (χ3v) is 4.56. The zero-order valence-electron chi connectivity index (χ0n) is 12.7. The van der Waals surface area contributed by atoms with Crippen LogP contribution in [-0.4, -0.2) is 37.7 Å². The van der Waals surface area contributed by atoms with E-state index in [0.717, 1.165) is 18.8 Å². The highest BCUT2D eigenvalue weighted by Crippen LogP contribution is 2.34. The maximum absolute atomic E-state index is 5.97. The summed E-state index contributed by atoms with van der Waals surface area (Å²) < 4.78 is 5.97. The molecule has 2 aliphatic heterocycles. The summed E-state index contributed by atoms with van der Waals surface area (Å²) in [6.07, 6.45) is 4.91. The van der Waals surface area contributed by atoms with Crippen molar-refractivity contribution >= 4 is 0 Å². The number of hydrogen-bond acceptors (Lipinski definition) is 3. The van der Waals surface area contributed by atoms with Crippen LogP contribution in [0.4, 0.5) is 0 Å². The number of hydrogen-bond donors (Lipinski definition) is 1. The Morgan fingerprint density at radius 2 is 2.15 bits per heavy atom. The van der Waals surface area contributed by atoms with Crippen LogP contribution in [0, 0.1) is 6.92 Å². The Morgan fingerprint density at radius 3 is 3.00 bits per heavy atom. The molecule has 1 aromatic carbocycles. The van der Waals surface area contributed by atoms with Crippen LogP contribution in [-0.2, 0) is 0 Å². The van der Waals surface area contributed by atoms with Gasteiger partial charge >= 0.3 is 0 Å². The number of aryl methyl sites for hydroxylation is 1. The number of likely N-dealkylation sites (N-methyl/N-ethyl adjacent to an activating group) is 1. The number of likely N-dealkylation sites (tertiary alicyclic amines) is 1. The van der Waals surface area contributed by atoms with Crippen LogP contribution in [0.25, 0.3) is 0 Å². The first-order valence-corrected chi connectivity index (χ1v) is 7.91. The van der Waals surface area contributed by atoms with E-state index in [1.807, 2.05) is 0 Å². The van der Waals surface area contributed by atoms with Gasteiger partial charge in [0.1, 0.15) is 5.75 Å². The van der Waals surface area contributed by atoms with Crippen LogP contribution in [0.15, 0.2) is 18.2 Å². The largest absolute Gasteiger partial charge is 0.493 e.